The van der Waals surface area contributed by atoms with Crippen LogP contribution in [0, 0.1) is 23.2 Å². The van der Waals surface area contributed by atoms with Gasteiger partial charge in [-0.05, 0) is 81.4 Å². The average molecular weight is 365 g/mol. The molecule has 1 aromatic carbocycles. The smallest absolute Gasteiger partial charge is 0.267 e. The van der Waals surface area contributed by atoms with Crippen LogP contribution >= 0.6 is 23.2 Å². The third kappa shape index (κ3) is 2.86. The lowest BCUT2D eigenvalue weighted by Crippen LogP contribution is -2.49. The monoisotopic (exact) mass is 364 g/mol. The van der Waals surface area contributed by atoms with Crippen molar-refractivity contribution in [3.8, 4) is 0 Å². The molecule has 5 rings (SSSR count). The van der Waals surface area contributed by atoms with E-state index in [9.17, 15) is 4.79 Å². The molecule has 0 atom stereocenters. The van der Waals surface area contributed by atoms with Gasteiger partial charge in [0.05, 0.1) is 10.6 Å². The van der Waals surface area contributed by atoms with Crippen molar-refractivity contribution in [1.82, 2.24) is 5.43 Å². The van der Waals surface area contributed by atoms with Gasteiger partial charge >= 0.3 is 0 Å². The Balaban J connectivity index is 1.50. The van der Waals surface area contributed by atoms with E-state index in [1.807, 2.05) is 0 Å². The van der Waals surface area contributed by atoms with Gasteiger partial charge < -0.3 is 0 Å². The number of carbonyl (C=O) groups is 1. The van der Waals surface area contributed by atoms with E-state index in [0.717, 1.165) is 23.5 Å². The molecule has 4 bridgehead atoms. The third-order valence-electron chi connectivity index (χ3n) is 6.31. The molecule has 0 heterocycles. The fourth-order valence-corrected chi connectivity index (χ4v) is 6.04. The fraction of sp³-hybridized carbons (Fsp3) is 0.579. The summed E-state index contributed by atoms with van der Waals surface area (Å²) in [6.45, 7) is 2.08. The van der Waals surface area contributed by atoms with Crippen molar-refractivity contribution in [3.63, 3.8) is 0 Å². The van der Waals surface area contributed by atoms with Gasteiger partial charge in [-0.2, -0.15) is 5.10 Å². The quantitative estimate of drug-likeness (QED) is 0.572. The fourth-order valence-electron chi connectivity index (χ4n) is 5.54. The lowest BCUT2D eigenvalue weighted by Gasteiger charge is -2.56. The van der Waals surface area contributed by atoms with Crippen molar-refractivity contribution in [2.24, 2.45) is 28.3 Å². The number of nitrogens with zero attached hydrogens (tertiary/aromatic N) is 1. The average Bonchev–Trinajstić information content (AvgIpc) is 2.51. The summed E-state index contributed by atoms with van der Waals surface area (Å²) in [6.07, 6.45) is 7.93. The predicted octanol–water partition coefficient (Wildman–Crippen LogP) is 5.32. The summed E-state index contributed by atoms with van der Waals surface area (Å²) in [7, 11) is 0. The van der Waals surface area contributed by atoms with E-state index < -0.39 is 0 Å². The summed E-state index contributed by atoms with van der Waals surface area (Å²) in [5.41, 5.74) is 4.41. The number of hydrogen-bond donors (Lipinski definition) is 1. The second-order valence-corrected chi connectivity index (χ2v) is 8.80. The van der Waals surface area contributed by atoms with Crippen molar-refractivity contribution in [2.45, 2.75) is 45.4 Å². The van der Waals surface area contributed by atoms with Crippen LogP contribution in [0.15, 0.2) is 23.3 Å². The summed E-state index contributed by atoms with van der Waals surface area (Å²) in [4.78, 5) is 12.4. The van der Waals surface area contributed by atoms with E-state index in [0.29, 0.717) is 15.6 Å². The van der Waals surface area contributed by atoms with Crippen LogP contribution in [-0.4, -0.2) is 11.6 Å². The summed E-state index contributed by atoms with van der Waals surface area (Å²) in [5.74, 6) is 2.31. The molecule has 0 aromatic heterocycles. The molecule has 128 valence electrons. The number of rotatable bonds is 3. The number of hydrazone groups is 1. The van der Waals surface area contributed by atoms with Gasteiger partial charge in [0.15, 0.2) is 0 Å². The van der Waals surface area contributed by atoms with E-state index in [-0.39, 0.29) is 11.3 Å². The molecule has 4 fully saturated rings. The summed E-state index contributed by atoms with van der Waals surface area (Å²) in [5, 5.41) is 5.35. The summed E-state index contributed by atoms with van der Waals surface area (Å²) < 4.78 is 0. The van der Waals surface area contributed by atoms with E-state index in [1.54, 1.807) is 18.2 Å². The number of benzene rings is 1. The molecule has 1 amide bonds. The first-order valence-electron chi connectivity index (χ1n) is 8.75. The van der Waals surface area contributed by atoms with Gasteiger partial charge in [-0.25, -0.2) is 5.43 Å². The molecule has 5 heteroatoms. The van der Waals surface area contributed by atoms with Crippen molar-refractivity contribution in [1.29, 1.82) is 0 Å². The molecule has 1 aromatic rings. The SMILES string of the molecule is C/C(=N/NC(=O)c1ccc(Cl)cc1Cl)C12CC3CC(CC(C3)C1)C2. The lowest BCUT2D eigenvalue weighted by molar-refractivity contribution is -0.0128. The van der Waals surface area contributed by atoms with Gasteiger partial charge in [0.2, 0.25) is 0 Å². The first-order valence-corrected chi connectivity index (χ1v) is 9.51. The number of amides is 1. The van der Waals surface area contributed by atoms with Crippen LogP contribution in [0.1, 0.15) is 55.8 Å². The molecule has 0 radical (unpaired) electrons. The normalized spacial score (nSPS) is 34.5. The van der Waals surface area contributed by atoms with E-state index in [2.05, 4.69) is 17.5 Å². The highest BCUT2D eigenvalue weighted by Crippen LogP contribution is 2.60. The van der Waals surface area contributed by atoms with Crippen LogP contribution < -0.4 is 5.43 Å². The Bertz CT molecular complexity index is 678. The lowest BCUT2D eigenvalue weighted by atomic mass is 9.48. The molecule has 4 aliphatic rings. The second kappa shape index (κ2) is 6.03. The highest BCUT2D eigenvalue weighted by atomic mass is 35.5. The standard InChI is InChI=1S/C19H22Cl2N2O/c1-11(19-8-12-4-13(9-19)6-14(5-12)10-19)22-23-18(24)16-3-2-15(20)7-17(16)21/h2-3,7,12-14H,4-6,8-10H2,1H3,(H,23,24)/b22-11-. The molecule has 0 unspecified atom stereocenters. The molecule has 4 aliphatic carbocycles. The molecule has 0 saturated heterocycles. The van der Waals surface area contributed by atoms with Crippen molar-refractivity contribution < 1.29 is 4.79 Å². The molecule has 24 heavy (non-hydrogen) atoms. The first kappa shape index (κ1) is 16.4. The van der Waals surface area contributed by atoms with E-state index in [4.69, 9.17) is 23.2 Å². The highest BCUT2D eigenvalue weighted by Gasteiger charge is 2.52. The molecule has 3 nitrogen and oxygen atoms in total. The van der Waals surface area contributed by atoms with E-state index >= 15 is 0 Å². The largest absolute Gasteiger partial charge is 0.272 e. The Morgan fingerprint density at radius 3 is 2.25 bits per heavy atom. The van der Waals surface area contributed by atoms with Crippen LogP contribution in [0.4, 0.5) is 0 Å². The Morgan fingerprint density at radius 2 is 1.71 bits per heavy atom. The maximum Gasteiger partial charge on any atom is 0.272 e. The Kier molecular flexibility index (Phi) is 4.12. The van der Waals surface area contributed by atoms with Crippen LogP contribution in [0.5, 0.6) is 0 Å². The predicted molar refractivity (Wildman–Crippen MR) is 97.6 cm³/mol. The van der Waals surface area contributed by atoms with Gasteiger partial charge in [-0.3, -0.25) is 4.79 Å². The summed E-state index contributed by atoms with van der Waals surface area (Å²) >= 11 is 12.0. The topological polar surface area (TPSA) is 41.5 Å². The van der Waals surface area contributed by atoms with Crippen molar-refractivity contribution in [3.05, 3.63) is 33.8 Å². The van der Waals surface area contributed by atoms with Crippen LogP contribution in [-0.2, 0) is 0 Å². The Morgan fingerprint density at radius 1 is 1.12 bits per heavy atom. The highest BCUT2D eigenvalue weighted by molar-refractivity contribution is 6.36. The Hall–Kier alpha value is -1.06. The van der Waals surface area contributed by atoms with Gasteiger partial charge in [-0.15, -0.1) is 0 Å². The minimum absolute atomic E-state index is 0.214. The molecular formula is C19H22Cl2N2O. The van der Waals surface area contributed by atoms with Gasteiger partial charge in [0.25, 0.3) is 5.91 Å². The molecular weight excluding hydrogens is 343 g/mol. The second-order valence-electron chi connectivity index (χ2n) is 7.96. The number of nitrogens with one attached hydrogen (secondary N) is 1. The zero-order valence-corrected chi connectivity index (χ0v) is 15.3. The number of hydrogen-bond acceptors (Lipinski definition) is 2. The maximum absolute atomic E-state index is 12.4. The maximum atomic E-state index is 12.4. The molecule has 1 N–H and O–H groups in total. The van der Waals surface area contributed by atoms with Gasteiger partial charge in [0, 0.05) is 16.1 Å². The summed E-state index contributed by atoms with van der Waals surface area (Å²) in [6, 6.07) is 4.88. The third-order valence-corrected chi connectivity index (χ3v) is 6.85. The first-order chi connectivity index (χ1) is 11.4. The van der Waals surface area contributed by atoms with Gasteiger partial charge in [-0.1, -0.05) is 23.2 Å². The Labute approximate surface area is 152 Å². The number of halogens is 2. The minimum Gasteiger partial charge on any atom is -0.267 e. The van der Waals surface area contributed by atoms with Crippen LogP contribution in [0.25, 0.3) is 0 Å². The van der Waals surface area contributed by atoms with E-state index in [1.165, 1.54) is 38.5 Å². The van der Waals surface area contributed by atoms with Crippen molar-refractivity contribution >= 4 is 34.8 Å². The van der Waals surface area contributed by atoms with Crippen LogP contribution in [0.2, 0.25) is 10.0 Å². The van der Waals surface area contributed by atoms with Crippen molar-refractivity contribution in [2.75, 3.05) is 0 Å². The minimum atomic E-state index is -0.277. The molecule has 4 saturated carbocycles. The van der Waals surface area contributed by atoms with Gasteiger partial charge in [0.1, 0.15) is 0 Å². The zero-order chi connectivity index (χ0) is 16.9. The zero-order valence-electron chi connectivity index (χ0n) is 13.8. The molecule has 0 spiro atoms. The molecule has 0 aliphatic heterocycles. The number of carbonyl (C=O) groups excluding carboxylic acids is 1. The van der Waals surface area contributed by atoms with Crippen LogP contribution in [0.3, 0.4) is 0 Å².